The molecule has 2 aromatic rings. The van der Waals surface area contributed by atoms with Gasteiger partial charge in [0.25, 0.3) is 5.91 Å². The molecule has 0 radical (unpaired) electrons. The molecule has 0 aliphatic carbocycles. The van der Waals surface area contributed by atoms with E-state index >= 15 is 0 Å². The Balaban J connectivity index is 1.27. The first-order chi connectivity index (χ1) is 18.3. The molecule has 5 atom stereocenters. The van der Waals surface area contributed by atoms with Crippen molar-refractivity contribution in [3.8, 4) is 11.3 Å². The van der Waals surface area contributed by atoms with Gasteiger partial charge in [0.1, 0.15) is 24.8 Å². The quantitative estimate of drug-likeness (QED) is 0.507. The number of methoxy groups -OCH3 is 1. The van der Waals surface area contributed by atoms with Gasteiger partial charge in [0.15, 0.2) is 10.9 Å². The van der Waals surface area contributed by atoms with Crippen molar-refractivity contribution in [2.24, 2.45) is 0 Å². The van der Waals surface area contributed by atoms with Crippen molar-refractivity contribution in [2.45, 2.75) is 36.6 Å². The Bertz CT molecular complexity index is 1180. The van der Waals surface area contributed by atoms with Crippen LogP contribution in [0.5, 0.6) is 0 Å². The molecule has 0 spiro atoms. The van der Waals surface area contributed by atoms with E-state index in [0.717, 1.165) is 42.6 Å². The molecule has 3 aliphatic rings. The minimum Gasteiger partial charge on any atom is -0.379 e. The maximum absolute atomic E-state index is 13.5. The minimum absolute atomic E-state index is 0.0681. The molecule has 3 saturated heterocycles. The fourth-order valence-corrected chi connectivity index (χ4v) is 6.32. The van der Waals surface area contributed by atoms with Gasteiger partial charge in [-0.15, -0.1) is 22.9 Å². The largest absolute Gasteiger partial charge is 0.379 e. The first kappa shape index (κ1) is 27.0. The van der Waals surface area contributed by atoms with Gasteiger partial charge in [-0.3, -0.25) is 14.4 Å². The van der Waals surface area contributed by atoms with Crippen LogP contribution in [-0.4, -0.2) is 116 Å². The summed E-state index contributed by atoms with van der Waals surface area (Å²) in [5.41, 5.74) is 2.17. The van der Waals surface area contributed by atoms with Crippen molar-refractivity contribution < 1.29 is 23.9 Å². The van der Waals surface area contributed by atoms with Gasteiger partial charge in [-0.05, 0) is 26.1 Å². The minimum atomic E-state index is -0.993. The highest BCUT2D eigenvalue weighted by atomic mass is 35.5. The standard InChI is InChI=1S/C26H32ClN5O5S/c1-15(36-3)21(25(35)32-12-18(27)23-22(32)20(33)13-37-23)29-24(34)17-6-4-16(5-7-17)19-14-38-26(28-19)31-10-8-30(2)9-11-31/h4-7,14-15,18,21-23H,8-13H2,1-3H3,(H,29,34). The number of alkyl halides is 1. The average Bonchev–Trinajstić information content (AvgIpc) is 3.65. The molecule has 2 amide bonds. The molecule has 0 bridgehead atoms. The number of benzene rings is 1. The van der Waals surface area contributed by atoms with E-state index < -0.39 is 41.5 Å². The van der Waals surface area contributed by atoms with Gasteiger partial charge < -0.3 is 29.5 Å². The molecule has 12 heteroatoms. The number of nitrogens with one attached hydrogen (secondary N) is 1. The van der Waals surface area contributed by atoms with Crippen LogP contribution in [0.2, 0.25) is 0 Å². The Morgan fingerprint density at radius 1 is 1.21 bits per heavy atom. The molecule has 204 valence electrons. The molecule has 5 unspecified atom stereocenters. The van der Waals surface area contributed by atoms with Crippen LogP contribution in [-0.2, 0) is 19.1 Å². The maximum Gasteiger partial charge on any atom is 0.252 e. The number of thiazole rings is 1. The van der Waals surface area contributed by atoms with Gasteiger partial charge in [0.05, 0.1) is 17.2 Å². The number of likely N-dealkylation sites (N-methyl/N-ethyl adjacent to an activating group) is 1. The number of fused-ring (bicyclic) bond motifs is 1. The molecule has 0 saturated carbocycles. The highest BCUT2D eigenvalue weighted by molar-refractivity contribution is 7.14. The van der Waals surface area contributed by atoms with Crippen LogP contribution in [0.3, 0.4) is 0 Å². The van der Waals surface area contributed by atoms with Gasteiger partial charge in [0.2, 0.25) is 5.91 Å². The van der Waals surface area contributed by atoms with Gasteiger partial charge in [0, 0.05) is 56.3 Å². The number of carbonyl (C=O) groups excluding carboxylic acids is 3. The monoisotopic (exact) mass is 561 g/mol. The van der Waals surface area contributed by atoms with E-state index in [9.17, 15) is 14.4 Å². The van der Waals surface area contributed by atoms with Gasteiger partial charge in [-0.25, -0.2) is 4.98 Å². The Hall–Kier alpha value is -2.57. The topological polar surface area (TPSA) is 104 Å². The van der Waals surface area contributed by atoms with Crippen LogP contribution in [0.4, 0.5) is 5.13 Å². The number of anilines is 1. The predicted octanol–water partition coefficient (Wildman–Crippen LogP) is 1.48. The maximum atomic E-state index is 13.5. The van der Waals surface area contributed by atoms with Crippen LogP contribution >= 0.6 is 22.9 Å². The number of likely N-dealkylation sites (tertiary alicyclic amines) is 1. The number of hydrogen-bond acceptors (Lipinski definition) is 9. The first-order valence-corrected chi connectivity index (χ1v) is 14.0. The van der Waals surface area contributed by atoms with E-state index in [1.54, 1.807) is 30.4 Å². The number of nitrogens with zero attached hydrogens (tertiary/aromatic N) is 4. The second-order valence-corrected chi connectivity index (χ2v) is 11.4. The number of Topliss-reactive ketones (excluding diaryl/α,β-unsaturated/α-hetero) is 1. The normalized spacial score (nSPS) is 25.4. The molecule has 4 heterocycles. The Morgan fingerprint density at radius 2 is 1.92 bits per heavy atom. The Morgan fingerprint density at radius 3 is 2.61 bits per heavy atom. The lowest BCUT2D eigenvalue weighted by Crippen LogP contribution is -2.56. The molecule has 3 fully saturated rings. The summed E-state index contributed by atoms with van der Waals surface area (Å²) in [6.07, 6.45) is -1.16. The summed E-state index contributed by atoms with van der Waals surface area (Å²) < 4.78 is 10.9. The van der Waals surface area contributed by atoms with E-state index in [4.69, 9.17) is 26.1 Å². The zero-order valence-electron chi connectivity index (χ0n) is 21.6. The third kappa shape index (κ3) is 5.30. The molecule has 3 aliphatic heterocycles. The lowest BCUT2D eigenvalue weighted by atomic mass is 10.1. The number of hydrogen-bond donors (Lipinski definition) is 1. The third-order valence-corrected chi connectivity index (χ3v) is 8.80. The van der Waals surface area contributed by atoms with Crippen molar-refractivity contribution in [1.29, 1.82) is 0 Å². The summed E-state index contributed by atoms with van der Waals surface area (Å²) in [5, 5.41) is 5.35. The van der Waals surface area contributed by atoms with Crippen LogP contribution in [0, 0.1) is 0 Å². The average molecular weight is 562 g/mol. The molecule has 5 rings (SSSR count). The lowest BCUT2D eigenvalue weighted by molar-refractivity contribution is -0.140. The van der Waals surface area contributed by atoms with Gasteiger partial charge >= 0.3 is 0 Å². The van der Waals surface area contributed by atoms with Crippen LogP contribution in [0.25, 0.3) is 11.3 Å². The van der Waals surface area contributed by atoms with E-state index in [1.165, 1.54) is 12.0 Å². The van der Waals surface area contributed by atoms with E-state index in [-0.39, 0.29) is 18.9 Å². The van der Waals surface area contributed by atoms with Crippen molar-refractivity contribution in [3.63, 3.8) is 0 Å². The summed E-state index contributed by atoms with van der Waals surface area (Å²) in [7, 11) is 3.59. The zero-order chi connectivity index (χ0) is 27.0. The van der Waals surface area contributed by atoms with Gasteiger partial charge in [-0.2, -0.15) is 0 Å². The molecule has 1 aromatic carbocycles. The molecule has 10 nitrogen and oxygen atoms in total. The summed E-state index contributed by atoms with van der Waals surface area (Å²) in [6, 6.07) is 5.41. The number of aromatic nitrogens is 1. The van der Waals surface area contributed by atoms with Crippen molar-refractivity contribution in [3.05, 3.63) is 35.2 Å². The summed E-state index contributed by atoms with van der Waals surface area (Å²) in [6.45, 7) is 5.73. The van der Waals surface area contributed by atoms with Crippen LogP contribution in [0.1, 0.15) is 17.3 Å². The van der Waals surface area contributed by atoms with Crippen LogP contribution in [0.15, 0.2) is 29.6 Å². The summed E-state index contributed by atoms with van der Waals surface area (Å²) >= 11 is 7.97. The predicted molar refractivity (Wildman–Crippen MR) is 145 cm³/mol. The van der Waals surface area contributed by atoms with E-state index in [0.29, 0.717) is 5.56 Å². The SMILES string of the molecule is COC(C)C(NC(=O)c1ccc(-c2csc(N3CCN(C)CC3)n2)cc1)C(=O)N1CC(Cl)C2OCC(=O)C21. The van der Waals surface area contributed by atoms with Crippen LogP contribution < -0.4 is 10.2 Å². The number of carbonyl (C=O) groups is 3. The molecule has 1 aromatic heterocycles. The molecular weight excluding hydrogens is 530 g/mol. The van der Waals surface area contributed by atoms with Crippen molar-refractivity contribution >= 4 is 45.7 Å². The van der Waals surface area contributed by atoms with Crippen molar-refractivity contribution in [2.75, 3.05) is 58.4 Å². The Labute approximate surface area is 230 Å². The zero-order valence-corrected chi connectivity index (χ0v) is 23.2. The highest BCUT2D eigenvalue weighted by Crippen LogP contribution is 2.32. The first-order valence-electron chi connectivity index (χ1n) is 12.7. The smallest absolute Gasteiger partial charge is 0.252 e. The van der Waals surface area contributed by atoms with E-state index in [1.807, 2.05) is 17.5 Å². The van der Waals surface area contributed by atoms with E-state index in [2.05, 4.69) is 22.2 Å². The Kier molecular flexibility index (Phi) is 8.01. The summed E-state index contributed by atoms with van der Waals surface area (Å²) in [4.78, 5) is 49.8. The number of piperazine rings is 1. The number of halogens is 1. The molecular formula is C26H32ClN5O5S. The number of ketones is 1. The highest BCUT2D eigenvalue weighted by Gasteiger charge is 2.53. The third-order valence-electron chi connectivity index (χ3n) is 7.51. The van der Waals surface area contributed by atoms with Crippen molar-refractivity contribution in [1.82, 2.24) is 20.1 Å². The second-order valence-electron chi connectivity index (χ2n) is 9.97. The number of amides is 2. The fourth-order valence-electron chi connectivity index (χ4n) is 5.08. The lowest BCUT2D eigenvalue weighted by Gasteiger charge is -2.32. The number of rotatable bonds is 7. The summed E-state index contributed by atoms with van der Waals surface area (Å²) in [5.74, 6) is -1.02. The van der Waals surface area contributed by atoms with Gasteiger partial charge in [-0.1, -0.05) is 12.1 Å². The molecule has 1 N–H and O–H groups in total. The molecule has 38 heavy (non-hydrogen) atoms. The number of ether oxygens (including phenoxy) is 2. The fraction of sp³-hybridized carbons (Fsp3) is 0.538. The second kappa shape index (κ2) is 11.3.